The number of nitrogens with zero attached hydrogens (tertiary/aromatic N) is 1. The zero-order valence-corrected chi connectivity index (χ0v) is 14.2. The van der Waals surface area contributed by atoms with Crippen molar-refractivity contribution < 1.29 is 9.90 Å². The first-order chi connectivity index (χ1) is 11.6. The second kappa shape index (κ2) is 5.90. The van der Waals surface area contributed by atoms with Gasteiger partial charge in [-0.05, 0) is 44.0 Å². The van der Waals surface area contributed by atoms with Gasteiger partial charge in [0.1, 0.15) is 0 Å². The molecule has 2 aromatic rings. The topological polar surface area (TPSA) is 68.4 Å². The molecule has 0 saturated carbocycles. The number of aliphatic hydroxyl groups is 1. The van der Waals surface area contributed by atoms with Crippen LogP contribution in [0.3, 0.4) is 0 Å². The molecule has 5 nitrogen and oxygen atoms in total. The maximum atomic E-state index is 12.6. The first kappa shape index (κ1) is 15.7. The third-order valence-corrected chi connectivity index (χ3v) is 5.76. The fourth-order valence-corrected chi connectivity index (χ4v) is 4.54. The number of hydrogen-bond acceptors (Lipinski definition) is 3. The highest BCUT2D eigenvalue weighted by Crippen LogP contribution is 2.44. The molecule has 1 fully saturated rings. The molecule has 2 aliphatic rings. The number of carbonyl (C=O) groups is 1. The van der Waals surface area contributed by atoms with E-state index in [4.69, 9.17) is 0 Å². The molecule has 5 heteroatoms. The van der Waals surface area contributed by atoms with E-state index in [0.29, 0.717) is 12.0 Å². The molecule has 1 saturated heterocycles. The highest BCUT2D eigenvalue weighted by Gasteiger charge is 2.41. The summed E-state index contributed by atoms with van der Waals surface area (Å²) in [7, 11) is 2.13. The first-order valence-corrected chi connectivity index (χ1v) is 8.78. The van der Waals surface area contributed by atoms with Gasteiger partial charge in [0.2, 0.25) is 5.91 Å². The van der Waals surface area contributed by atoms with Gasteiger partial charge < -0.3 is 20.3 Å². The molecular formula is C19H25N3O2. The molecule has 0 radical (unpaired) electrons. The number of aromatic amines is 1. The first-order valence-electron chi connectivity index (χ1n) is 8.78. The summed E-state index contributed by atoms with van der Waals surface area (Å²) < 4.78 is 0. The van der Waals surface area contributed by atoms with E-state index in [0.717, 1.165) is 19.4 Å². The molecule has 1 amide bonds. The van der Waals surface area contributed by atoms with Crippen LogP contribution in [-0.2, 0) is 11.2 Å². The number of amides is 1. The normalized spacial score (nSPS) is 27.7. The van der Waals surface area contributed by atoms with E-state index in [1.807, 2.05) is 6.92 Å². The Balaban J connectivity index is 1.65. The predicted molar refractivity (Wildman–Crippen MR) is 94.0 cm³/mol. The molecule has 3 N–H and O–H groups in total. The van der Waals surface area contributed by atoms with Gasteiger partial charge in [0, 0.05) is 41.6 Å². The predicted octanol–water partition coefficient (Wildman–Crippen LogP) is 1.62. The van der Waals surface area contributed by atoms with Crippen LogP contribution in [0.25, 0.3) is 10.9 Å². The van der Waals surface area contributed by atoms with Gasteiger partial charge in [-0.1, -0.05) is 12.1 Å². The Kier molecular flexibility index (Phi) is 3.85. The third kappa shape index (κ3) is 2.43. The van der Waals surface area contributed by atoms with Gasteiger partial charge in [-0.3, -0.25) is 4.79 Å². The van der Waals surface area contributed by atoms with E-state index in [-0.39, 0.29) is 24.5 Å². The number of fused-ring (bicyclic) bond motifs is 2. The minimum absolute atomic E-state index is 0.0215. The Morgan fingerprint density at radius 1 is 1.50 bits per heavy atom. The van der Waals surface area contributed by atoms with Crippen LogP contribution in [0.1, 0.15) is 30.4 Å². The Bertz CT molecular complexity index is 769. The number of piperidine rings is 1. The van der Waals surface area contributed by atoms with E-state index < -0.39 is 0 Å². The number of aromatic nitrogens is 1. The van der Waals surface area contributed by atoms with Crippen LogP contribution >= 0.6 is 0 Å². The maximum Gasteiger partial charge on any atom is 0.224 e. The molecule has 24 heavy (non-hydrogen) atoms. The molecule has 0 bridgehead atoms. The van der Waals surface area contributed by atoms with Gasteiger partial charge in [-0.2, -0.15) is 0 Å². The second-order valence-corrected chi connectivity index (χ2v) is 7.43. The van der Waals surface area contributed by atoms with Crippen LogP contribution in [0.2, 0.25) is 0 Å². The monoisotopic (exact) mass is 327 g/mol. The lowest BCUT2D eigenvalue weighted by molar-refractivity contribution is -0.128. The van der Waals surface area contributed by atoms with Crippen LogP contribution in [-0.4, -0.2) is 53.2 Å². The van der Waals surface area contributed by atoms with E-state index >= 15 is 0 Å². The molecule has 4 atom stereocenters. The van der Waals surface area contributed by atoms with Crippen molar-refractivity contribution in [2.24, 2.45) is 5.92 Å². The number of carbonyl (C=O) groups excluding carboxylic acids is 1. The summed E-state index contributed by atoms with van der Waals surface area (Å²) in [6, 6.07) is 6.73. The number of likely N-dealkylation sites (N-methyl/N-ethyl adjacent to an activating group) is 1. The Hall–Kier alpha value is -1.85. The van der Waals surface area contributed by atoms with Crippen molar-refractivity contribution in [2.75, 3.05) is 20.2 Å². The third-order valence-electron chi connectivity index (χ3n) is 5.76. The van der Waals surface area contributed by atoms with E-state index in [1.165, 1.54) is 22.0 Å². The fourth-order valence-electron chi connectivity index (χ4n) is 4.54. The van der Waals surface area contributed by atoms with Gasteiger partial charge in [0.05, 0.1) is 12.5 Å². The second-order valence-electron chi connectivity index (χ2n) is 7.43. The molecule has 2 heterocycles. The largest absolute Gasteiger partial charge is 0.394 e. The number of rotatable bonds is 3. The Morgan fingerprint density at radius 3 is 3.12 bits per heavy atom. The van der Waals surface area contributed by atoms with Gasteiger partial charge >= 0.3 is 0 Å². The maximum absolute atomic E-state index is 12.6. The Morgan fingerprint density at radius 2 is 2.33 bits per heavy atom. The lowest BCUT2D eigenvalue weighted by Crippen LogP contribution is -2.52. The summed E-state index contributed by atoms with van der Waals surface area (Å²) in [5.74, 6) is 0.422. The lowest BCUT2D eigenvalue weighted by atomic mass is 9.72. The summed E-state index contributed by atoms with van der Waals surface area (Å²) >= 11 is 0. The molecule has 1 aromatic carbocycles. The number of aliphatic hydroxyl groups excluding tert-OH is 1. The number of nitrogens with one attached hydrogen (secondary N) is 2. The highest BCUT2D eigenvalue weighted by atomic mass is 16.3. The molecule has 1 aromatic heterocycles. The molecular weight excluding hydrogens is 302 g/mol. The van der Waals surface area contributed by atoms with Crippen molar-refractivity contribution in [3.05, 3.63) is 35.5 Å². The molecule has 0 unspecified atom stereocenters. The summed E-state index contributed by atoms with van der Waals surface area (Å²) in [5, 5.41) is 13.5. The minimum atomic E-state index is -0.188. The highest BCUT2D eigenvalue weighted by molar-refractivity contribution is 5.88. The van der Waals surface area contributed by atoms with Crippen molar-refractivity contribution in [1.82, 2.24) is 15.2 Å². The van der Waals surface area contributed by atoms with Crippen molar-refractivity contribution in [3.8, 4) is 0 Å². The van der Waals surface area contributed by atoms with Crippen molar-refractivity contribution in [2.45, 2.75) is 37.8 Å². The summed E-state index contributed by atoms with van der Waals surface area (Å²) in [4.78, 5) is 18.3. The molecule has 0 spiro atoms. The average Bonchev–Trinajstić information content (AvgIpc) is 3.00. The van der Waals surface area contributed by atoms with Crippen molar-refractivity contribution in [3.63, 3.8) is 0 Å². The smallest absolute Gasteiger partial charge is 0.224 e. The Labute approximate surface area is 142 Å². The fraction of sp³-hybridized carbons (Fsp3) is 0.526. The number of benzene rings is 1. The van der Waals surface area contributed by atoms with Crippen molar-refractivity contribution in [1.29, 1.82) is 0 Å². The van der Waals surface area contributed by atoms with Crippen LogP contribution in [0.15, 0.2) is 24.4 Å². The average molecular weight is 327 g/mol. The number of hydrogen-bond donors (Lipinski definition) is 3. The van der Waals surface area contributed by atoms with Gasteiger partial charge in [0.25, 0.3) is 0 Å². The zero-order chi connectivity index (χ0) is 16.8. The summed E-state index contributed by atoms with van der Waals surface area (Å²) in [5.41, 5.74) is 3.97. The minimum Gasteiger partial charge on any atom is -0.394 e. The van der Waals surface area contributed by atoms with E-state index in [9.17, 15) is 9.90 Å². The summed E-state index contributed by atoms with van der Waals surface area (Å²) in [6.07, 6.45) is 4.06. The lowest BCUT2D eigenvalue weighted by Gasteiger charge is -2.45. The van der Waals surface area contributed by atoms with Crippen molar-refractivity contribution >= 4 is 16.8 Å². The van der Waals surface area contributed by atoms with Crippen LogP contribution in [0.5, 0.6) is 0 Å². The van der Waals surface area contributed by atoms with Gasteiger partial charge in [-0.15, -0.1) is 0 Å². The number of H-pyrrole nitrogens is 1. The van der Waals surface area contributed by atoms with E-state index in [1.54, 1.807) is 0 Å². The van der Waals surface area contributed by atoms with E-state index in [2.05, 4.69) is 46.6 Å². The van der Waals surface area contributed by atoms with Gasteiger partial charge in [0.15, 0.2) is 0 Å². The molecule has 4 rings (SSSR count). The zero-order valence-electron chi connectivity index (χ0n) is 14.2. The SMILES string of the molecule is C[C@@H](CO)NC(=O)[C@@H]1C[C@@H]2c3cccc4[nH]cc(c34)C[C@H]2N(C)C1. The molecule has 1 aliphatic heterocycles. The summed E-state index contributed by atoms with van der Waals surface area (Å²) in [6.45, 7) is 2.59. The quantitative estimate of drug-likeness (QED) is 0.802. The van der Waals surface area contributed by atoms with Crippen LogP contribution in [0.4, 0.5) is 0 Å². The molecule has 128 valence electrons. The standard InChI is InChI=1S/C19H25N3O2/c1-11(10-23)21-19(24)13-6-15-14-4-3-5-16-18(14)12(8-20-16)7-17(15)22(2)9-13/h3-5,8,11,13,15,17,20,23H,6-7,9-10H2,1-2H3,(H,21,24)/t11-,13+,15+,17+/m0/s1. The van der Waals surface area contributed by atoms with Crippen LogP contribution in [0, 0.1) is 5.92 Å². The number of likely N-dealkylation sites (tertiary alicyclic amines) is 1. The van der Waals surface area contributed by atoms with Crippen LogP contribution < -0.4 is 5.32 Å². The molecule has 1 aliphatic carbocycles. The van der Waals surface area contributed by atoms with Gasteiger partial charge in [-0.25, -0.2) is 0 Å².